The van der Waals surface area contributed by atoms with Crippen molar-refractivity contribution in [1.29, 1.82) is 0 Å². The van der Waals surface area contributed by atoms with Gasteiger partial charge in [0.25, 0.3) is 0 Å². The van der Waals surface area contributed by atoms with Crippen molar-refractivity contribution in [3.8, 4) is 0 Å². The van der Waals surface area contributed by atoms with E-state index in [9.17, 15) is 4.79 Å². The molecule has 0 atom stereocenters. The second kappa shape index (κ2) is 5.01. The third-order valence-corrected chi connectivity index (χ3v) is 3.43. The van der Waals surface area contributed by atoms with Gasteiger partial charge >= 0.3 is 0 Å². The molecule has 0 aliphatic heterocycles. The smallest absolute Gasteiger partial charge is 0.193 e. The number of aryl methyl sites for hydroxylation is 1. The van der Waals surface area contributed by atoms with E-state index in [1.54, 1.807) is 36.4 Å². The van der Waals surface area contributed by atoms with E-state index >= 15 is 0 Å². The molecular formula is C14H11Cl2NO. The van der Waals surface area contributed by atoms with Crippen LogP contribution in [0, 0.1) is 6.92 Å². The van der Waals surface area contributed by atoms with Gasteiger partial charge in [-0.3, -0.25) is 4.79 Å². The zero-order valence-electron chi connectivity index (χ0n) is 9.71. The number of halogens is 2. The van der Waals surface area contributed by atoms with Gasteiger partial charge < -0.3 is 5.73 Å². The number of nitrogen functional groups attached to an aromatic ring is 1. The van der Waals surface area contributed by atoms with Crippen LogP contribution in [0.4, 0.5) is 5.69 Å². The van der Waals surface area contributed by atoms with Crippen molar-refractivity contribution in [2.75, 3.05) is 5.73 Å². The summed E-state index contributed by atoms with van der Waals surface area (Å²) in [5.41, 5.74) is 8.03. The van der Waals surface area contributed by atoms with Crippen molar-refractivity contribution < 1.29 is 4.79 Å². The minimum atomic E-state index is -0.100. The second-order valence-corrected chi connectivity index (χ2v) is 4.84. The summed E-state index contributed by atoms with van der Waals surface area (Å²) in [6.45, 7) is 1.86. The first-order chi connectivity index (χ1) is 8.49. The third-order valence-electron chi connectivity index (χ3n) is 2.68. The summed E-state index contributed by atoms with van der Waals surface area (Å²) in [4.78, 5) is 12.2. The van der Waals surface area contributed by atoms with Crippen LogP contribution in [-0.4, -0.2) is 5.78 Å². The van der Waals surface area contributed by atoms with E-state index in [-0.39, 0.29) is 5.78 Å². The Morgan fingerprint density at radius 1 is 1.00 bits per heavy atom. The minimum absolute atomic E-state index is 0.100. The maximum atomic E-state index is 12.2. The van der Waals surface area contributed by atoms with E-state index in [2.05, 4.69) is 0 Å². The highest BCUT2D eigenvalue weighted by Crippen LogP contribution is 2.23. The fourth-order valence-corrected chi connectivity index (χ4v) is 1.92. The number of nitrogens with two attached hydrogens (primary N) is 1. The maximum Gasteiger partial charge on any atom is 0.193 e. The van der Waals surface area contributed by atoms with Crippen LogP contribution < -0.4 is 5.73 Å². The maximum absolute atomic E-state index is 12.2. The molecule has 0 bridgehead atoms. The van der Waals surface area contributed by atoms with Crippen molar-refractivity contribution in [2.45, 2.75) is 6.92 Å². The largest absolute Gasteiger partial charge is 0.398 e. The zero-order chi connectivity index (χ0) is 13.3. The Labute approximate surface area is 115 Å². The highest BCUT2D eigenvalue weighted by molar-refractivity contribution is 6.33. The van der Waals surface area contributed by atoms with E-state index in [4.69, 9.17) is 28.9 Å². The summed E-state index contributed by atoms with van der Waals surface area (Å²) in [6, 6.07) is 10.0. The summed E-state index contributed by atoms with van der Waals surface area (Å²) in [7, 11) is 0. The van der Waals surface area contributed by atoms with Crippen molar-refractivity contribution in [3.63, 3.8) is 0 Å². The van der Waals surface area contributed by atoms with Crippen molar-refractivity contribution >= 4 is 34.7 Å². The lowest BCUT2D eigenvalue weighted by Crippen LogP contribution is -2.02. The summed E-state index contributed by atoms with van der Waals surface area (Å²) < 4.78 is 0. The SMILES string of the molecule is Cc1cc(C(=O)c2ccc(N)c(Cl)c2)ccc1Cl. The molecule has 0 fully saturated rings. The molecule has 2 nitrogen and oxygen atoms in total. The Kier molecular flexibility index (Phi) is 3.60. The van der Waals surface area contributed by atoms with Gasteiger partial charge in [0, 0.05) is 16.1 Å². The third kappa shape index (κ3) is 2.50. The lowest BCUT2D eigenvalue weighted by molar-refractivity contribution is 0.103. The number of hydrogen-bond acceptors (Lipinski definition) is 2. The summed E-state index contributed by atoms with van der Waals surface area (Å²) in [5, 5.41) is 1.02. The Hall–Kier alpha value is -1.51. The van der Waals surface area contributed by atoms with Crippen molar-refractivity contribution in [2.24, 2.45) is 0 Å². The molecule has 0 aliphatic rings. The molecule has 4 heteroatoms. The van der Waals surface area contributed by atoms with Crippen LogP contribution in [0.25, 0.3) is 0 Å². The first-order valence-electron chi connectivity index (χ1n) is 5.35. The standard InChI is InChI=1S/C14H11Cl2NO/c1-8-6-9(2-4-11(8)15)14(18)10-3-5-13(17)12(16)7-10/h2-7H,17H2,1H3. The highest BCUT2D eigenvalue weighted by Gasteiger charge is 2.11. The molecule has 0 saturated heterocycles. The molecule has 0 aliphatic carbocycles. The van der Waals surface area contributed by atoms with Gasteiger partial charge in [-0.15, -0.1) is 0 Å². The minimum Gasteiger partial charge on any atom is -0.398 e. The summed E-state index contributed by atoms with van der Waals surface area (Å²) in [5.74, 6) is -0.100. The molecule has 0 amide bonds. The monoisotopic (exact) mass is 279 g/mol. The molecule has 18 heavy (non-hydrogen) atoms. The molecule has 2 aromatic carbocycles. The number of hydrogen-bond donors (Lipinski definition) is 1. The van der Waals surface area contributed by atoms with Gasteiger partial charge in [-0.05, 0) is 48.9 Å². The molecule has 0 heterocycles. The highest BCUT2D eigenvalue weighted by atomic mass is 35.5. The number of carbonyl (C=O) groups is 1. The Morgan fingerprint density at radius 2 is 1.61 bits per heavy atom. The Morgan fingerprint density at radius 3 is 2.22 bits per heavy atom. The Bertz CT molecular complexity index is 570. The average Bonchev–Trinajstić information content (AvgIpc) is 2.35. The van der Waals surface area contributed by atoms with Crippen molar-refractivity contribution in [1.82, 2.24) is 0 Å². The molecule has 2 aromatic rings. The van der Waals surface area contributed by atoms with Crippen LogP contribution in [0.15, 0.2) is 36.4 Å². The predicted molar refractivity (Wildman–Crippen MR) is 75.5 cm³/mol. The second-order valence-electron chi connectivity index (χ2n) is 4.03. The van der Waals surface area contributed by atoms with Gasteiger partial charge in [0.15, 0.2) is 5.78 Å². The lowest BCUT2D eigenvalue weighted by atomic mass is 10.0. The molecule has 0 spiro atoms. The van der Waals surface area contributed by atoms with Crippen LogP contribution in [0.5, 0.6) is 0 Å². The first kappa shape index (κ1) is 12.9. The molecule has 2 rings (SSSR count). The summed E-state index contributed by atoms with van der Waals surface area (Å²) in [6.07, 6.45) is 0. The topological polar surface area (TPSA) is 43.1 Å². The van der Waals surface area contributed by atoms with Crippen LogP contribution in [0.2, 0.25) is 10.0 Å². The molecule has 0 aromatic heterocycles. The van der Waals surface area contributed by atoms with E-state index in [0.717, 1.165) is 5.56 Å². The van der Waals surface area contributed by atoms with E-state index in [0.29, 0.717) is 26.9 Å². The van der Waals surface area contributed by atoms with E-state index in [1.165, 1.54) is 0 Å². The molecule has 0 saturated carbocycles. The van der Waals surface area contributed by atoms with Gasteiger partial charge in [-0.2, -0.15) is 0 Å². The number of ketones is 1. The van der Waals surface area contributed by atoms with Gasteiger partial charge in [0.1, 0.15) is 0 Å². The lowest BCUT2D eigenvalue weighted by Gasteiger charge is -2.05. The van der Waals surface area contributed by atoms with E-state index in [1.807, 2.05) is 6.92 Å². The predicted octanol–water partition coefficient (Wildman–Crippen LogP) is 4.12. The van der Waals surface area contributed by atoms with Crippen LogP contribution in [-0.2, 0) is 0 Å². The fraction of sp³-hybridized carbons (Fsp3) is 0.0714. The number of benzene rings is 2. The number of rotatable bonds is 2. The van der Waals surface area contributed by atoms with Gasteiger partial charge in [0.2, 0.25) is 0 Å². The Balaban J connectivity index is 2.41. The number of anilines is 1. The molecular weight excluding hydrogens is 269 g/mol. The average molecular weight is 280 g/mol. The molecule has 92 valence electrons. The fourth-order valence-electron chi connectivity index (χ4n) is 1.62. The van der Waals surface area contributed by atoms with Gasteiger partial charge in [-0.1, -0.05) is 23.2 Å². The quantitative estimate of drug-likeness (QED) is 0.664. The number of carbonyl (C=O) groups excluding carboxylic acids is 1. The van der Waals surface area contributed by atoms with Crippen LogP contribution in [0.3, 0.4) is 0 Å². The summed E-state index contributed by atoms with van der Waals surface area (Å²) >= 11 is 11.8. The van der Waals surface area contributed by atoms with Gasteiger partial charge in [0.05, 0.1) is 10.7 Å². The normalized spacial score (nSPS) is 10.4. The molecule has 0 unspecified atom stereocenters. The zero-order valence-corrected chi connectivity index (χ0v) is 11.2. The first-order valence-corrected chi connectivity index (χ1v) is 6.10. The molecule has 2 N–H and O–H groups in total. The van der Waals surface area contributed by atoms with Crippen molar-refractivity contribution in [3.05, 3.63) is 63.1 Å². The molecule has 0 radical (unpaired) electrons. The van der Waals surface area contributed by atoms with Gasteiger partial charge in [-0.25, -0.2) is 0 Å². The van der Waals surface area contributed by atoms with E-state index < -0.39 is 0 Å². The van der Waals surface area contributed by atoms with Crippen LogP contribution in [0.1, 0.15) is 21.5 Å². The van der Waals surface area contributed by atoms with Crippen LogP contribution >= 0.6 is 23.2 Å².